The van der Waals surface area contributed by atoms with E-state index in [0.29, 0.717) is 23.7 Å². The molecule has 6 nitrogen and oxygen atoms in total. The van der Waals surface area contributed by atoms with Crippen molar-refractivity contribution < 1.29 is 18.1 Å². The van der Waals surface area contributed by atoms with Gasteiger partial charge in [0.2, 0.25) is 0 Å². The number of halogens is 1. The average Bonchev–Trinajstić information content (AvgIpc) is 3.10. The number of aryl methyl sites for hydroxylation is 1. The summed E-state index contributed by atoms with van der Waals surface area (Å²) < 4.78 is 32.2. The predicted octanol–water partition coefficient (Wildman–Crippen LogP) is 3.07. The smallest absolute Gasteiger partial charge is 0.262 e. The molecule has 1 atom stereocenters. The normalized spacial score (nSPS) is 14.1. The molecule has 144 valence electrons. The molecule has 1 N–H and O–H groups in total. The fourth-order valence-corrected chi connectivity index (χ4v) is 3.57. The first kappa shape index (κ1) is 18.4. The van der Waals surface area contributed by atoms with Gasteiger partial charge in [-0.2, -0.15) is 5.10 Å². The molecular weight excluding hydrogens is 381 g/mol. The number of hydrogen-bond acceptors (Lipinski definition) is 4. The Hall–Kier alpha value is -3.00. The van der Waals surface area contributed by atoms with Gasteiger partial charge in [0.05, 0.1) is 24.1 Å². The molecular formula is C20H18FN3O3S. The molecule has 1 aliphatic heterocycles. The Bertz CT molecular complexity index is 1060. The van der Waals surface area contributed by atoms with E-state index in [1.807, 2.05) is 12.1 Å². The van der Waals surface area contributed by atoms with Crippen LogP contribution in [0, 0.1) is 5.82 Å². The zero-order valence-electron chi connectivity index (χ0n) is 15.1. The van der Waals surface area contributed by atoms with Crippen LogP contribution in [0.5, 0.6) is 5.75 Å². The summed E-state index contributed by atoms with van der Waals surface area (Å²) in [5, 5.41) is 7.26. The Balaban J connectivity index is 1.80. The Morgan fingerprint density at radius 1 is 1.21 bits per heavy atom. The van der Waals surface area contributed by atoms with Crippen molar-refractivity contribution >= 4 is 22.4 Å². The third-order valence-corrected chi connectivity index (χ3v) is 5.23. The van der Waals surface area contributed by atoms with Crippen LogP contribution in [0.15, 0.2) is 48.7 Å². The number of nitrogens with zero attached hydrogens (tertiary/aromatic N) is 2. The maximum Gasteiger partial charge on any atom is 0.262 e. The second kappa shape index (κ2) is 7.55. The molecule has 28 heavy (non-hydrogen) atoms. The number of fused-ring (bicyclic) bond motifs is 1. The number of nitrogens with one attached hydrogen (secondary N) is 1. The third kappa shape index (κ3) is 3.68. The van der Waals surface area contributed by atoms with E-state index in [0.717, 1.165) is 22.4 Å². The molecule has 0 fully saturated rings. The van der Waals surface area contributed by atoms with Gasteiger partial charge in [0.15, 0.2) is 6.61 Å². The minimum absolute atomic E-state index is 0.000728. The second-order valence-corrected chi connectivity index (χ2v) is 8.02. The number of ether oxygens (including phenoxy) is 1. The number of rotatable bonds is 5. The summed E-state index contributed by atoms with van der Waals surface area (Å²) in [6, 6.07) is 11.7. The molecule has 1 aliphatic rings. The van der Waals surface area contributed by atoms with Crippen molar-refractivity contribution in [2.45, 2.75) is 6.54 Å². The van der Waals surface area contributed by atoms with Crippen LogP contribution in [0.3, 0.4) is 0 Å². The van der Waals surface area contributed by atoms with Gasteiger partial charge in [-0.25, -0.2) is 4.39 Å². The van der Waals surface area contributed by atoms with Gasteiger partial charge in [-0.3, -0.25) is 13.7 Å². The summed E-state index contributed by atoms with van der Waals surface area (Å²) in [7, 11) is -0.960. The maximum absolute atomic E-state index is 13.4. The SMILES string of the molecule is CS(=O)CCn1ncc(-c2ccc3c(c2)NC(=O)CO3)c1-c1ccc(F)cc1. The zero-order valence-corrected chi connectivity index (χ0v) is 16.0. The van der Waals surface area contributed by atoms with E-state index in [2.05, 4.69) is 10.4 Å². The molecule has 0 aliphatic carbocycles. The Kier molecular flexibility index (Phi) is 4.95. The van der Waals surface area contributed by atoms with E-state index in [1.165, 1.54) is 12.1 Å². The lowest BCUT2D eigenvalue weighted by molar-refractivity contribution is -0.118. The summed E-state index contributed by atoms with van der Waals surface area (Å²) >= 11 is 0. The van der Waals surface area contributed by atoms with E-state index >= 15 is 0 Å². The van der Waals surface area contributed by atoms with Gasteiger partial charge < -0.3 is 10.1 Å². The number of benzene rings is 2. The molecule has 4 rings (SSSR count). The van der Waals surface area contributed by atoms with Crippen molar-refractivity contribution in [3.8, 4) is 28.1 Å². The van der Waals surface area contributed by atoms with Gasteiger partial charge in [-0.1, -0.05) is 6.07 Å². The summed E-state index contributed by atoms with van der Waals surface area (Å²) in [4.78, 5) is 11.6. The van der Waals surface area contributed by atoms with Crippen LogP contribution >= 0.6 is 0 Å². The molecule has 1 amide bonds. The van der Waals surface area contributed by atoms with Gasteiger partial charge in [-0.05, 0) is 42.0 Å². The monoisotopic (exact) mass is 399 g/mol. The van der Waals surface area contributed by atoms with Gasteiger partial charge in [0, 0.05) is 33.9 Å². The highest BCUT2D eigenvalue weighted by Gasteiger charge is 2.20. The first-order valence-electron chi connectivity index (χ1n) is 8.70. The molecule has 8 heteroatoms. The second-order valence-electron chi connectivity index (χ2n) is 6.46. The van der Waals surface area contributed by atoms with Crippen LogP contribution in [0.4, 0.5) is 10.1 Å². The van der Waals surface area contributed by atoms with Crippen LogP contribution in [0.1, 0.15) is 0 Å². The lowest BCUT2D eigenvalue weighted by Gasteiger charge is -2.18. The lowest BCUT2D eigenvalue weighted by Crippen LogP contribution is -2.25. The van der Waals surface area contributed by atoms with Crippen molar-refractivity contribution in [3.05, 3.63) is 54.5 Å². The van der Waals surface area contributed by atoms with Gasteiger partial charge in [-0.15, -0.1) is 0 Å². The summed E-state index contributed by atoms with van der Waals surface area (Å²) in [5.41, 5.74) is 3.87. The van der Waals surface area contributed by atoms with E-state index in [-0.39, 0.29) is 18.3 Å². The Morgan fingerprint density at radius 2 is 1.96 bits per heavy atom. The summed E-state index contributed by atoms with van der Waals surface area (Å²) in [6.07, 6.45) is 3.37. The van der Waals surface area contributed by atoms with Crippen LogP contribution < -0.4 is 10.1 Å². The quantitative estimate of drug-likeness (QED) is 0.716. The van der Waals surface area contributed by atoms with Gasteiger partial charge >= 0.3 is 0 Å². The molecule has 1 aromatic heterocycles. The van der Waals surface area contributed by atoms with E-state index < -0.39 is 10.8 Å². The van der Waals surface area contributed by atoms with Crippen LogP contribution in [0.2, 0.25) is 0 Å². The molecule has 1 unspecified atom stereocenters. The molecule has 0 spiro atoms. The van der Waals surface area contributed by atoms with Crippen molar-refractivity contribution in [2.24, 2.45) is 0 Å². The van der Waals surface area contributed by atoms with Crippen molar-refractivity contribution in [1.29, 1.82) is 0 Å². The van der Waals surface area contributed by atoms with E-state index in [1.54, 1.807) is 35.3 Å². The predicted molar refractivity (Wildman–Crippen MR) is 106 cm³/mol. The molecule has 2 heterocycles. The molecule has 0 saturated carbocycles. The number of amides is 1. The molecule has 0 saturated heterocycles. The highest BCUT2D eigenvalue weighted by atomic mass is 32.2. The summed E-state index contributed by atoms with van der Waals surface area (Å²) in [5.74, 6) is 0.549. The minimum Gasteiger partial charge on any atom is -0.482 e. The lowest BCUT2D eigenvalue weighted by atomic mass is 10.0. The first-order chi connectivity index (χ1) is 13.5. The van der Waals surface area contributed by atoms with Crippen LogP contribution in [-0.4, -0.2) is 38.5 Å². The van der Waals surface area contributed by atoms with E-state index in [9.17, 15) is 13.4 Å². The fourth-order valence-electron chi connectivity index (χ4n) is 3.14. The third-order valence-electron chi connectivity index (χ3n) is 4.47. The van der Waals surface area contributed by atoms with Crippen molar-refractivity contribution in [1.82, 2.24) is 9.78 Å². The Morgan fingerprint density at radius 3 is 2.71 bits per heavy atom. The minimum atomic E-state index is -0.960. The molecule has 2 aromatic carbocycles. The topological polar surface area (TPSA) is 73.2 Å². The first-order valence-corrected chi connectivity index (χ1v) is 10.4. The zero-order chi connectivity index (χ0) is 19.7. The largest absolute Gasteiger partial charge is 0.482 e. The number of hydrogen-bond donors (Lipinski definition) is 1. The molecule has 0 bridgehead atoms. The number of carbonyl (C=O) groups is 1. The number of aromatic nitrogens is 2. The van der Waals surface area contributed by atoms with Crippen LogP contribution in [0.25, 0.3) is 22.4 Å². The standard InChI is InChI=1S/C20H18FN3O3S/c1-28(26)9-8-24-20(13-2-5-15(21)6-3-13)16(11-22-24)14-4-7-18-17(10-14)23-19(25)12-27-18/h2-7,10-11H,8-9,12H2,1H3,(H,23,25). The van der Waals surface area contributed by atoms with E-state index in [4.69, 9.17) is 4.74 Å². The van der Waals surface area contributed by atoms with Crippen molar-refractivity contribution in [3.63, 3.8) is 0 Å². The fraction of sp³-hybridized carbons (Fsp3) is 0.200. The van der Waals surface area contributed by atoms with Gasteiger partial charge in [0.1, 0.15) is 11.6 Å². The van der Waals surface area contributed by atoms with Crippen molar-refractivity contribution in [2.75, 3.05) is 23.9 Å². The Labute approximate surface area is 163 Å². The average molecular weight is 399 g/mol. The van der Waals surface area contributed by atoms with Gasteiger partial charge in [0.25, 0.3) is 5.91 Å². The maximum atomic E-state index is 13.4. The number of carbonyl (C=O) groups excluding carboxylic acids is 1. The number of anilines is 1. The van der Waals surface area contributed by atoms with Crippen LogP contribution in [-0.2, 0) is 22.1 Å². The molecule has 3 aromatic rings. The molecule has 0 radical (unpaired) electrons. The highest BCUT2D eigenvalue weighted by Crippen LogP contribution is 2.37. The summed E-state index contributed by atoms with van der Waals surface area (Å²) in [6.45, 7) is 0.472. The highest BCUT2D eigenvalue weighted by molar-refractivity contribution is 7.84.